The number of ether oxygens (including phenoxy) is 4. The topological polar surface area (TPSA) is 108 Å². The number of nitrogens with zero attached hydrogens (tertiary/aromatic N) is 1. The molecule has 0 fully saturated rings. The lowest BCUT2D eigenvalue weighted by Crippen LogP contribution is -2.40. The molecule has 2 unspecified atom stereocenters. The molecule has 0 rings (SSSR count). The highest BCUT2D eigenvalue weighted by atomic mass is 16.7. The molecule has 1 N–H and O–H groups in total. The van der Waals surface area contributed by atoms with Crippen LogP contribution in [0.25, 0.3) is 0 Å². The quantitative estimate of drug-likeness (QED) is 0.0211. The Labute approximate surface area is 430 Å². The van der Waals surface area contributed by atoms with E-state index in [4.69, 9.17) is 18.9 Å². The third-order valence-corrected chi connectivity index (χ3v) is 11.9. The Morgan fingerprint density at radius 2 is 0.814 bits per heavy atom. The first-order chi connectivity index (χ1) is 34.1. The van der Waals surface area contributed by atoms with Crippen molar-refractivity contribution in [2.45, 2.75) is 238 Å². The standard InChI is InChI=1S/C61H105NO8/c1-6-8-10-12-14-16-18-20-22-24-25-26-27-28-29-30-31-32-33-34-35-36-38-40-42-44-46-48-50-52-59(64)70-57(56-69-61(60(65)66)67-54-53-62(3,4)5)55-68-58(63)51-49-47-45-43-41-39-37-23-21-19-17-15-13-11-9-7-2/h8,10,14,16,20,22,25-26,28-29,31-32,34-35,57,61H,6-7,9,11-13,15,17-19,21,23-24,27,30,33,36-56H2,1-5H3/p+1/b10-8-,16-14-,22-20-,26-25-,29-28-,32-31-,35-34-. The summed E-state index contributed by atoms with van der Waals surface area (Å²) >= 11 is 0. The van der Waals surface area contributed by atoms with E-state index in [2.05, 4.69) is 98.9 Å². The Hall–Kier alpha value is -3.53. The molecule has 0 saturated carbocycles. The van der Waals surface area contributed by atoms with Crippen LogP contribution in [0.4, 0.5) is 0 Å². The van der Waals surface area contributed by atoms with Gasteiger partial charge >= 0.3 is 17.9 Å². The van der Waals surface area contributed by atoms with E-state index in [1.165, 1.54) is 103 Å². The third-order valence-electron chi connectivity index (χ3n) is 11.9. The number of rotatable bonds is 51. The summed E-state index contributed by atoms with van der Waals surface area (Å²) in [7, 11) is 5.96. The zero-order chi connectivity index (χ0) is 51.3. The lowest BCUT2D eigenvalue weighted by Gasteiger charge is -2.25. The molecule has 0 spiro atoms. The summed E-state index contributed by atoms with van der Waals surface area (Å²) < 4.78 is 22.8. The number of quaternary nitrogens is 1. The number of hydrogen-bond acceptors (Lipinski definition) is 7. The predicted molar refractivity (Wildman–Crippen MR) is 295 cm³/mol. The lowest BCUT2D eigenvalue weighted by molar-refractivity contribution is -0.870. The number of likely N-dealkylation sites (N-methyl/N-ethyl adjacent to an activating group) is 1. The molecule has 402 valence electrons. The van der Waals surface area contributed by atoms with Gasteiger partial charge in [0, 0.05) is 12.8 Å². The SMILES string of the molecule is CC/C=C\C/C=C\C/C=C\C/C=C\C/C=C\C/C=C\C/C=C\CCCCCCCCCC(=O)OC(COC(=O)CCCCCCCCCCCCCCCCCC)COC(OCC[N+](C)(C)C)C(=O)O. The van der Waals surface area contributed by atoms with Gasteiger partial charge in [0.15, 0.2) is 6.10 Å². The zero-order valence-electron chi connectivity index (χ0n) is 45.7. The van der Waals surface area contributed by atoms with Crippen molar-refractivity contribution in [2.75, 3.05) is 47.5 Å². The highest BCUT2D eigenvalue weighted by molar-refractivity contribution is 5.71. The van der Waals surface area contributed by atoms with Crippen LogP contribution in [0.5, 0.6) is 0 Å². The lowest BCUT2D eigenvalue weighted by atomic mass is 10.0. The van der Waals surface area contributed by atoms with Crippen LogP contribution in [0.2, 0.25) is 0 Å². The van der Waals surface area contributed by atoms with Crippen LogP contribution in [-0.4, -0.2) is 87.4 Å². The molecular weight excluding hydrogens is 875 g/mol. The molecule has 9 nitrogen and oxygen atoms in total. The minimum atomic E-state index is -1.52. The van der Waals surface area contributed by atoms with Gasteiger partial charge in [-0.05, 0) is 70.6 Å². The van der Waals surface area contributed by atoms with Crippen LogP contribution in [0, 0.1) is 0 Å². The van der Waals surface area contributed by atoms with E-state index < -0.39 is 24.3 Å². The van der Waals surface area contributed by atoms with Gasteiger partial charge in [-0.25, -0.2) is 4.79 Å². The Morgan fingerprint density at radius 1 is 0.443 bits per heavy atom. The van der Waals surface area contributed by atoms with Crippen molar-refractivity contribution in [1.29, 1.82) is 0 Å². The van der Waals surface area contributed by atoms with E-state index in [0.717, 1.165) is 89.9 Å². The van der Waals surface area contributed by atoms with Gasteiger partial charge in [0.2, 0.25) is 0 Å². The smallest absolute Gasteiger partial charge is 0.361 e. The first kappa shape index (κ1) is 66.5. The third kappa shape index (κ3) is 52.3. The molecule has 0 aromatic carbocycles. The second-order valence-electron chi connectivity index (χ2n) is 19.9. The molecule has 0 aliphatic heterocycles. The number of carbonyl (C=O) groups excluding carboxylic acids is 2. The molecule has 70 heavy (non-hydrogen) atoms. The molecule has 0 radical (unpaired) electrons. The largest absolute Gasteiger partial charge is 0.477 e. The number of aliphatic carboxylic acids is 1. The Balaban J connectivity index is 4.29. The molecule has 0 bridgehead atoms. The summed E-state index contributed by atoms with van der Waals surface area (Å²) in [6.45, 7) is 4.76. The van der Waals surface area contributed by atoms with Crippen molar-refractivity contribution in [3.8, 4) is 0 Å². The van der Waals surface area contributed by atoms with E-state index in [1.54, 1.807) is 0 Å². The number of carboxylic acids is 1. The maximum absolute atomic E-state index is 12.9. The van der Waals surface area contributed by atoms with Gasteiger partial charge in [-0.3, -0.25) is 9.59 Å². The Morgan fingerprint density at radius 3 is 1.21 bits per heavy atom. The molecule has 0 aliphatic carbocycles. The molecule has 0 saturated heterocycles. The fourth-order valence-corrected chi connectivity index (χ4v) is 7.58. The fourth-order valence-electron chi connectivity index (χ4n) is 7.58. The molecule has 9 heteroatoms. The second kappa shape index (κ2) is 51.8. The maximum Gasteiger partial charge on any atom is 0.361 e. The number of carboxylic acid groups (broad SMARTS) is 1. The van der Waals surface area contributed by atoms with Crippen molar-refractivity contribution in [3.63, 3.8) is 0 Å². The van der Waals surface area contributed by atoms with Crippen molar-refractivity contribution >= 4 is 17.9 Å². The summed E-state index contributed by atoms with van der Waals surface area (Å²) in [5.74, 6) is -2.02. The van der Waals surface area contributed by atoms with Gasteiger partial charge < -0.3 is 28.5 Å². The molecule has 0 aromatic heterocycles. The first-order valence-electron chi connectivity index (χ1n) is 28.3. The summed E-state index contributed by atoms with van der Waals surface area (Å²) in [5.41, 5.74) is 0. The van der Waals surface area contributed by atoms with Crippen LogP contribution >= 0.6 is 0 Å². The zero-order valence-corrected chi connectivity index (χ0v) is 45.7. The highest BCUT2D eigenvalue weighted by Crippen LogP contribution is 2.16. The molecule has 0 amide bonds. The molecular formula is C61H106NO8+. The van der Waals surface area contributed by atoms with E-state index in [1.807, 2.05) is 21.1 Å². The van der Waals surface area contributed by atoms with E-state index >= 15 is 0 Å². The number of carbonyl (C=O) groups is 3. The molecule has 0 aromatic rings. The molecule has 0 aliphatic rings. The van der Waals surface area contributed by atoms with Crippen LogP contribution in [0.1, 0.15) is 226 Å². The van der Waals surface area contributed by atoms with Gasteiger partial charge in [0.25, 0.3) is 6.29 Å². The predicted octanol–water partition coefficient (Wildman–Crippen LogP) is 16.4. The average molecular weight is 982 g/mol. The number of esters is 2. The van der Waals surface area contributed by atoms with Gasteiger partial charge in [-0.2, -0.15) is 0 Å². The Bertz CT molecular complexity index is 1420. The first-order valence-corrected chi connectivity index (χ1v) is 28.3. The summed E-state index contributed by atoms with van der Waals surface area (Å²) in [5, 5.41) is 9.69. The van der Waals surface area contributed by atoms with E-state index in [0.29, 0.717) is 23.9 Å². The number of hydrogen-bond donors (Lipinski definition) is 1. The normalized spacial score (nSPS) is 13.4. The van der Waals surface area contributed by atoms with Crippen LogP contribution in [0.3, 0.4) is 0 Å². The number of allylic oxidation sites excluding steroid dienone is 14. The summed E-state index contributed by atoms with van der Waals surface area (Å²) in [4.78, 5) is 37.4. The van der Waals surface area contributed by atoms with Crippen LogP contribution in [-0.2, 0) is 33.3 Å². The summed E-state index contributed by atoms with van der Waals surface area (Å²) in [6.07, 6.45) is 65.1. The highest BCUT2D eigenvalue weighted by Gasteiger charge is 2.25. The van der Waals surface area contributed by atoms with Gasteiger partial charge in [0.05, 0.1) is 34.4 Å². The van der Waals surface area contributed by atoms with Crippen LogP contribution < -0.4 is 0 Å². The van der Waals surface area contributed by atoms with Crippen molar-refractivity contribution in [2.24, 2.45) is 0 Å². The van der Waals surface area contributed by atoms with Crippen molar-refractivity contribution < 1.29 is 42.9 Å². The van der Waals surface area contributed by atoms with E-state index in [-0.39, 0.29) is 32.2 Å². The average Bonchev–Trinajstić information content (AvgIpc) is 3.33. The maximum atomic E-state index is 12.9. The monoisotopic (exact) mass is 981 g/mol. The minimum Gasteiger partial charge on any atom is -0.477 e. The van der Waals surface area contributed by atoms with E-state index in [9.17, 15) is 19.5 Å². The summed E-state index contributed by atoms with van der Waals surface area (Å²) in [6, 6.07) is 0. The molecule has 0 heterocycles. The van der Waals surface area contributed by atoms with Crippen molar-refractivity contribution in [1.82, 2.24) is 0 Å². The number of unbranched alkanes of at least 4 members (excludes halogenated alkanes) is 22. The molecule has 2 atom stereocenters. The van der Waals surface area contributed by atoms with Gasteiger partial charge in [-0.1, -0.05) is 227 Å². The van der Waals surface area contributed by atoms with Gasteiger partial charge in [-0.15, -0.1) is 0 Å². The van der Waals surface area contributed by atoms with Crippen molar-refractivity contribution in [3.05, 3.63) is 85.1 Å². The minimum absolute atomic E-state index is 0.183. The Kier molecular flexibility index (Phi) is 49.2. The van der Waals surface area contributed by atoms with Gasteiger partial charge in [0.1, 0.15) is 13.2 Å². The second-order valence-corrected chi connectivity index (χ2v) is 19.9. The van der Waals surface area contributed by atoms with Crippen LogP contribution in [0.15, 0.2) is 85.1 Å². The fraction of sp³-hybridized carbons (Fsp3) is 0.721.